The summed E-state index contributed by atoms with van der Waals surface area (Å²) in [7, 11) is 0. The highest BCUT2D eigenvalue weighted by atomic mass is 32.2. The van der Waals surface area contributed by atoms with Crippen LogP contribution in [0.15, 0.2) is 124 Å². The number of thioether (sulfide) groups is 2. The van der Waals surface area contributed by atoms with Gasteiger partial charge in [-0.2, -0.15) is 0 Å². The van der Waals surface area contributed by atoms with Crippen molar-refractivity contribution in [2.75, 3.05) is 23.1 Å². The van der Waals surface area contributed by atoms with Crippen LogP contribution in [-0.4, -0.2) is 24.2 Å². The Hall–Kier alpha value is -4.55. The molecule has 8 N–H and O–H groups in total. The van der Waals surface area contributed by atoms with Crippen molar-refractivity contribution in [3.05, 3.63) is 131 Å². The van der Waals surface area contributed by atoms with Crippen molar-refractivity contribution >= 4 is 80.6 Å². The first-order valence-corrected chi connectivity index (χ1v) is 18.4. The fraction of sp³-hybridized carbons (Fsp3) is 0.0556. The third-order valence-electron chi connectivity index (χ3n) is 6.90. The highest BCUT2D eigenvalue weighted by Crippen LogP contribution is 2.38. The summed E-state index contributed by atoms with van der Waals surface area (Å²) >= 11 is 6.21. The number of halogens is 1. The normalized spacial score (nSPS) is 10.5. The highest BCUT2D eigenvalue weighted by molar-refractivity contribution is 8.00. The summed E-state index contributed by atoms with van der Waals surface area (Å²) in [5, 5.41) is 21.8. The van der Waals surface area contributed by atoms with E-state index in [1.54, 1.807) is 29.6 Å². The molecular weight excluding hydrogens is 664 g/mol. The number of nitrogens with one attached hydrogen (secondary N) is 4. The van der Waals surface area contributed by atoms with Gasteiger partial charge in [0.05, 0.1) is 29.5 Å². The first kappa shape index (κ1) is 33.8. The molecule has 0 atom stereocenters. The molecule has 0 aliphatic heterocycles. The van der Waals surface area contributed by atoms with Crippen molar-refractivity contribution in [3.8, 4) is 22.3 Å². The molecule has 0 amide bonds. The van der Waals surface area contributed by atoms with E-state index in [1.807, 2.05) is 79.2 Å². The summed E-state index contributed by atoms with van der Waals surface area (Å²) in [5.41, 5.74) is 18.5. The molecule has 2 aromatic heterocycles. The van der Waals surface area contributed by atoms with Crippen LogP contribution in [-0.2, 0) is 0 Å². The van der Waals surface area contributed by atoms with E-state index in [1.165, 1.54) is 39.9 Å². The van der Waals surface area contributed by atoms with Crippen molar-refractivity contribution in [2.24, 2.45) is 11.5 Å². The molecule has 0 saturated heterocycles. The largest absolute Gasteiger partial charge is 0.383 e. The molecule has 6 rings (SSSR count). The molecule has 0 aliphatic rings. The molecular formula is C36H33FN6S4. The zero-order valence-electron chi connectivity index (χ0n) is 25.6. The molecule has 0 radical (unpaired) electrons. The maximum Gasteiger partial charge on any atom is 0.133 e. The van der Waals surface area contributed by atoms with Crippen LogP contribution < -0.4 is 22.1 Å². The summed E-state index contributed by atoms with van der Waals surface area (Å²) in [4.78, 5) is 1.49. The van der Waals surface area contributed by atoms with Gasteiger partial charge in [0.25, 0.3) is 0 Å². The van der Waals surface area contributed by atoms with Crippen molar-refractivity contribution in [1.82, 2.24) is 0 Å². The van der Waals surface area contributed by atoms with E-state index in [9.17, 15) is 4.39 Å². The van der Waals surface area contributed by atoms with Gasteiger partial charge in [-0.3, -0.25) is 10.8 Å². The molecule has 0 bridgehead atoms. The molecule has 4 aromatic carbocycles. The van der Waals surface area contributed by atoms with E-state index in [0.717, 1.165) is 35.9 Å². The van der Waals surface area contributed by atoms with Crippen LogP contribution >= 0.6 is 46.2 Å². The predicted octanol–water partition coefficient (Wildman–Crippen LogP) is 10.5. The van der Waals surface area contributed by atoms with Crippen LogP contribution in [0.1, 0.15) is 9.75 Å². The number of benzene rings is 4. The number of amidine groups is 2. The Labute approximate surface area is 290 Å². The zero-order chi connectivity index (χ0) is 33.3. The van der Waals surface area contributed by atoms with Crippen LogP contribution in [0, 0.1) is 16.6 Å². The predicted molar refractivity (Wildman–Crippen MR) is 205 cm³/mol. The number of nitrogens with two attached hydrogens (primary N) is 2. The van der Waals surface area contributed by atoms with E-state index in [4.69, 9.17) is 22.3 Å². The molecule has 238 valence electrons. The fourth-order valence-corrected chi connectivity index (χ4v) is 7.90. The molecule has 6 nitrogen and oxygen atoms in total. The quantitative estimate of drug-likeness (QED) is 0.0481. The minimum Gasteiger partial charge on any atom is -0.383 e. The number of hydrogen-bond donors (Lipinski definition) is 6. The fourth-order valence-electron chi connectivity index (χ4n) is 4.62. The van der Waals surface area contributed by atoms with Gasteiger partial charge in [-0.05, 0) is 71.7 Å². The summed E-state index contributed by atoms with van der Waals surface area (Å²) in [6, 6.07) is 37.0. The van der Waals surface area contributed by atoms with Crippen LogP contribution in [0.4, 0.5) is 27.1 Å². The summed E-state index contributed by atoms with van der Waals surface area (Å²) in [6.07, 6.45) is 3.99. The lowest BCUT2D eigenvalue weighted by molar-refractivity contribution is 0.632. The summed E-state index contributed by atoms with van der Waals surface area (Å²) in [6.45, 7) is 0. The molecule has 2 heterocycles. The molecule has 6 aromatic rings. The van der Waals surface area contributed by atoms with Gasteiger partial charge >= 0.3 is 0 Å². The summed E-state index contributed by atoms with van der Waals surface area (Å²) < 4.78 is 16.6. The van der Waals surface area contributed by atoms with Gasteiger partial charge in [0.2, 0.25) is 0 Å². The monoisotopic (exact) mass is 696 g/mol. The standard InChI is InChI=1S/C18H16FN3S2.C18H17N3S2/c1-23-18-15(10-16(24-18)17(20)21)22-12-7-8-13(14(19)9-12)11-5-3-2-4-6-11;1-22-18-15(11-16(23-18)17(19)20)21-14-9-7-13(8-10-14)12-5-3-2-4-6-12/h2-10,22H,1H3,(H3,20,21);2-11,21H,1H3,(H3,19,20). The number of nitrogen functional groups attached to an aromatic ring is 2. The molecule has 0 saturated carbocycles. The second-order valence-electron chi connectivity index (χ2n) is 10.1. The van der Waals surface area contributed by atoms with Gasteiger partial charge < -0.3 is 22.1 Å². The van der Waals surface area contributed by atoms with Gasteiger partial charge in [-0.15, -0.1) is 46.2 Å². The van der Waals surface area contributed by atoms with Gasteiger partial charge in [0.1, 0.15) is 17.5 Å². The highest BCUT2D eigenvalue weighted by Gasteiger charge is 2.13. The minimum atomic E-state index is -0.279. The van der Waals surface area contributed by atoms with Gasteiger partial charge in [0.15, 0.2) is 0 Å². The van der Waals surface area contributed by atoms with E-state index in [-0.39, 0.29) is 17.5 Å². The lowest BCUT2D eigenvalue weighted by Crippen LogP contribution is -2.08. The van der Waals surface area contributed by atoms with Crippen LogP contribution in [0.3, 0.4) is 0 Å². The van der Waals surface area contributed by atoms with Crippen LogP contribution in [0.5, 0.6) is 0 Å². The Morgan fingerprint density at radius 1 is 0.596 bits per heavy atom. The Morgan fingerprint density at radius 3 is 1.51 bits per heavy atom. The number of thiophene rings is 2. The lowest BCUT2D eigenvalue weighted by atomic mass is 10.0. The number of rotatable bonds is 10. The van der Waals surface area contributed by atoms with Gasteiger partial charge in [0, 0.05) is 16.9 Å². The number of hydrogen-bond acceptors (Lipinski definition) is 8. The van der Waals surface area contributed by atoms with E-state index >= 15 is 0 Å². The molecule has 0 fully saturated rings. The smallest absolute Gasteiger partial charge is 0.133 e. The molecule has 0 spiro atoms. The lowest BCUT2D eigenvalue weighted by Gasteiger charge is -2.09. The maximum absolute atomic E-state index is 14.5. The third-order valence-corrected chi connectivity index (χ3v) is 11.5. The average molecular weight is 697 g/mol. The first-order valence-electron chi connectivity index (χ1n) is 14.3. The average Bonchev–Trinajstić information content (AvgIpc) is 3.70. The van der Waals surface area contributed by atoms with Gasteiger partial charge in [-0.25, -0.2) is 4.39 Å². The van der Waals surface area contributed by atoms with Crippen molar-refractivity contribution in [3.63, 3.8) is 0 Å². The minimum absolute atomic E-state index is 0.0361. The van der Waals surface area contributed by atoms with E-state index in [0.29, 0.717) is 16.1 Å². The second-order valence-corrected chi connectivity index (χ2v) is 14.4. The molecule has 47 heavy (non-hydrogen) atoms. The molecule has 0 unspecified atom stereocenters. The Bertz CT molecular complexity index is 1970. The topological polar surface area (TPSA) is 124 Å². The molecule has 11 heteroatoms. The van der Waals surface area contributed by atoms with E-state index in [2.05, 4.69) is 47.0 Å². The second kappa shape index (κ2) is 15.8. The third kappa shape index (κ3) is 8.63. The van der Waals surface area contributed by atoms with Gasteiger partial charge in [-0.1, -0.05) is 72.8 Å². The van der Waals surface area contributed by atoms with Crippen molar-refractivity contribution < 1.29 is 4.39 Å². The number of anilines is 4. The van der Waals surface area contributed by atoms with Crippen LogP contribution in [0.25, 0.3) is 22.3 Å². The first-order chi connectivity index (χ1) is 22.7. The molecule has 0 aliphatic carbocycles. The summed E-state index contributed by atoms with van der Waals surface area (Å²) in [5.74, 6) is -0.134. The zero-order valence-corrected chi connectivity index (χ0v) is 28.9. The van der Waals surface area contributed by atoms with Crippen molar-refractivity contribution in [1.29, 1.82) is 10.8 Å². The SMILES string of the molecule is CSc1sc(C(=N)N)cc1Nc1ccc(-c2ccccc2)c(F)c1.CSc1sc(C(=N)N)cc1Nc1ccc(-c2ccccc2)cc1. The Balaban J connectivity index is 0.000000185. The van der Waals surface area contributed by atoms with Crippen molar-refractivity contribution in [2.45, 2.75) is 8.42 Å². The Morgan fingerprint density at radius 2 is 1.04 bits per heavy atom. The maximum atomic E-state index is 14.5. The van der Waals surface area contributed by atoms with E-state index < -0.39 is 0 Å². The Kier molecular flexibility index (Phi) is 11.4. The van der Waals surface area contributed by atoms with Crippen LogP contribution in [0.2, 0.25) is 0 Å².